The molecule has 0 radical (unpaired) electrons. The first-order valence-corrected chi connectivity index (χ1v) is 8.03. The van der Waals surface area contributed by atoms with Gasteiger partial charge in [0.05, 0.1) is 18.7 Å². The van der Waals surface area contributed by atoms with Crippen LogP contribution in [-0.4, -0.2) is 25.2 Å². The molecule has 1 aliphatic rings. The Morgan fingerprint density at radius 1 is 1.25 bits per heavy atom. The second-order valence-electron chi connectivity index (χ2n) is 5.55. The van der Waals surface area contributed by atoms with E-state index in [0.717, 1.165) is 22.0 Å². The van der Waals surface area contributed by atoms with E-state index < -0.39 is 0 Å². The Morgan fingerprint density at radius 3 is 2.71 bits per heavy atom. The minimum Gasteiger partial charge on any atom is -0.496 e. The van der Waals surface area contributed by atoms with Gasteiger partial charge in [-0.2, -0.15) is 0 Å². The zero-order chi connectivity index (χ0) is 17.3. The molecule has 0 fully saturated rings. The SMILES string of the molecule is CNC(=O)C1=C(C)NC(=S)N[C@@H]1c1c(OC)ccc2ccccc12. The summed E-state index contributed by atoms with van der Waals surface area (Å²) in [6.07, 6.45) is 0. The molecule has 3 rings (SSSR count). The number of carbonyl (C=O) groups excluding carboxylic acids is 1. The van der Waals surface area contributed by atoms with E-state index in [1.807, 2.05) is 43.3 Å². The monoisotopic (exact) mass is 341 g/mol. The maximum atomic E-state index is 12.5. The number of hydrogen-bond acceptors (Lipinski definition) is 3. The maximum absolute atomic E-state index is 12.5. The first-order valence-electron chi connectivity index (χ1n) is 7.62. The number of nitrogens with one attached hydrogen (secondary N) is 3. The van der Waals surface area contributed by atoms with Crippen molar-refractivity contribution < 1.29 is 9.53 Å². The molecule has 0 aromatic heterocycles. The molecule has 2 aromatic carbocycles. The minimum atomic E-state index is -0.389. The second-order valence-corrected chi connectivity index (χ2v) is 5.96. The lowest BCUT2D eigenvalue weighted by Crippen LogP contribution is -2.46. The van der Waals surface area contributed by atoms with Gasteiger partial charge in [-0.05, 0) is 36.0 Å². The van der Waals surface area contributed by atoms with Gasteiger partial charge in [-0.25, -0.2) is 0 Å². The summed E-state index contributed by atoms with van der Waals surface area (Å²) in [6, 6.07) is 11.6. The van der Waals surface area contributed by atoms with Gasteiger partial charge >= 0.3 is 0 Å². The van der Waals surface area contributed by atoms with E-state index in [9.17, 15) is 4.79 Å². The van der Waals surface area contributed by atoms with Gasteiger partial charge in [0.1, 0.15) is 5.75 Å². The van der Waals surface area contributed by atoms with E-state index in [0.29, 0.717) is 16.4 Å². The molecule has 1 atom stereocenters. The lowest BCUT2D eigenvalue weighted by Gasteiger charge is -2.31. The third-order valence-electron chi connectivity index (χ3n) is 4.18. The van der Waals surface area contributed by atoms with Gasteiger partial charge in [0.25, 0.3) is 5.91 Å². The molecule has 1 heterocycles. The number of hydrogen-bond donors (Lipinski definition) is 3. The average Bonchev–Trinajstić information content (AvgIpc) is 2.59. The molecule has 0 bridgehead atoms. The predicted octanol–water partition coefficient (Wildman–Crippen LogP) is 2.39. The second kappa shape index (κ2) is 6.49. The van der Waals surface area contributed by atoms with Crippen LogP contribution < -0.4 is 20.7 Å². The first-order chi connectivity index (χ1) is 11.6. The van der Waals surface area contributed by atoms with Crippen molar-refractivity contribution >= 4 is 34.0 Å². The van der Waals surface area contributed by atoms with Crippen LogP contribution >= 0.6 is 12.2 Å². The number of benzene rings is 2. The van der Waals surface area contributed by atoms with Crippen molar-refractivity contribution in [1.82, 2.24) is 16.0 Å². The highest BCUT2D eigenvalue weighted by molar-refractivity contribution is 7.80. The molecular weight excluding hydrogens is 322 g/mol. The lowest BCUT2D eigenvalue weighted by atomic mass is 9.90. The lowest BCUT2D eigenvalue weighted by molar-refractivity contribution is -0.117. The molecule has 1 aliphatic heterocycles. The fourth-order valence-corrected chi connectivity index (χ4v) is 3.37. The molecule has 0 saturated carbocycles. The molecule has 0 saturated heterocycles. The zero-order valence-electron chi connectivity index (χ0n) is 13.8. The Labute approximate surface area is 146 Å². The fourth-order valence-electron chi connectivity index (χ4n) is 3.10. The van der Waals surface area contributed by atoms with Crippen molar-refractivity contribution in [2.75, 3.05) is 14.2 Å². The van der Waals surface area contributed by atoms with Crippen molar-refractivity contribution in [1.29, 1.82) is 0 Å². The summed E-state index contributed by atoms with van der Waals surface area (Å²) in [4.78, 5) is 12.5. The van der Waals surface area contributed by atoms with Crippen LogP contribution in [0.2, 0.25) is 0 Å². The fraction of sp³-hybridized carbons (Fsp3) is 0.222. The van der Waals surface area contributed by atoms with Gasteiger partial charge in [0, 0.05) is 18.3 Å². The minimum absolute atomic E-state index is 0.157. The molecule has 3 N–H and O–H groups in total. The number of fused-ring (bicyclic) bond motifs is 1. The topological polar surface area (TPSA) is 62.4 Å². The van der Waals surface area contributed by atoms with Crippen molar-refractivity contribution in [2.45, 2.75) is 13.0 Å². The molecule has 0 aliphatic carbocycles. The Bertz CT molecular complexity index is 860. The van der Waals surface area contributed by atoms with Crippen LogP contribution in [0.4, 0.5) is 0 Å². The van der Waals surface area contributed by atoms with Gasteiger partial charge in [0.2, 0.25) is 0 Å². The summed E-state index contributed by atoms with van der Waals surface area (Å²) < 4.78 is 5.58. The normalized spacial score (nSPS) is 17.3. The molecule has 1 amide bonds. The van der Waals surface area contributed by atoms with E-state index >= 15 is 0 Å². The summed E-state index contributed by atoms with van der Waals surface area (Å²) in [7, 11) is 3.25. The number of allylic oxidation sites excluding steroid dienone is 1. The molecule has 6 heteroatoms. The van der Waals surface area contributed by atoms with Crippen LogP contribution in [0.3, 0.4) is 0 Å². The summed E-state index contributed by atoms with van der Waals surface area (Å²) in [6.45, 7) is 1.85. The highest BCUT2D eigenvalue weighted by Crippen LogP contribution is 2.38. The third kappa shape index (κ3) is 2.69. The number of methoxy groups -OCH3 is 1. The van der Waals surface area contributed by atoms with E-state index in [2.05, 4.69) is 16.0 Å². The zero-order valence-corrected chi connectivity index (χ0v) is 14.6. The molecular formula is C18H19N3O2S. The van der Waals surface area contributed by atoms with Gasteiger partial charge in [-0.15, -0.1) is 0 Å². The highest BCUT2D eigenvalue weighted by atomic mass is 32.1. The third-order valence-corrected chi connectivity index (χ3v) is 4.40. The van der Waals surface area contributed by atoms with Crippen LogP contribution in [0, 0.1) is 0 Å². The number of amides is 1. The van der Waals surface area contributed by atoms with E-state index in [1.54, 1.807) is 14.2 Å². The summed E-state index contributed by atoms with van der Waals surface area (Å²) >= 11 is 5.31. The molecule has 24 heavy (non-hydrogen) atoms. The first kappa shape index (κ1) is 16.3. The summed E-state index contributed by atoms with van der Waals surface area (Å²) in [5.41, 5.74) is 2.23. The number of rotatable bonds is 3. The Kier molecular flexibility index (Phi) is 4.40. The maximum Gasteiger partial charge on any atom is 0.251 e. The van der Waals surface area contributed by atoms with Gasteiger partial charge in [-0.1, -0.05) is 30.3 Å². The molecule has 124 valence electrons. The van der Waals surface area contributed by atoms with Gasteiger partial charge < -0.3 is 20.7 Å². The van der Waals surface area contributed by atoms with Crippen LogP contribution in [0.5, 0.6) is 5.75 Å². The molecule has 0 unspecified atom stereocenters. The van der Waals surface area contributed by atoms with Crippen LogP contribution in [-0.2, 0) is 4.79 Å². The van der Waals surface area contributed by atoms with Crippen LogP contribution in [0.1, 0.15) is 18.5 Å². The number of thiocarbonyl (C=S) groups is 1. The van der Waals surface area contributed by atoms with Crippen LogP contribution in [0.15, 0.2) is 47.7 Å². The summed E-state index contributed by atoms with van der Waals surface area (Å²) in [5.74, 6) is 0.556. The van der Waals surface area contributed by atoms with Crippen LogP contribution in [0.25, 0.3) is 10.8 Å². The standard InChI is InChI=1S/C18H19N3O2S/c1-10-14(17(22)19-2)16(21-18(24)20-10)15-12-7-5-4-6-11(12)8-9-13(15)23-3/h4-9,16H,1-3H3,(H,19,22)(H2,20,21,24)/t16-/m0/s1. The van der Waals surface area contributed by atoms with Gasteiger partial charge in [-0.3, -0.25) is 4.79 Å². The number of carbonyl (C=O) groups is 1. The predicted molar refractivity (Wildman–Crippen MR) is 98.9 cm³/mol. The number of ether oxygens (including phenoxy) is 1. The van der Waals surface area contributed by atoms with E-state index in [-0.39, 0.29) is 11.9 Å². The van der Waals surface area contributed by atoms with E-state index in [1.165, 1.54) is 0 Å². The highest BCUT2D eigenvalue weighted by Gasteiger charge is 2.32. The molecule has 0 spiro atoms. The Balaban J connectivity index is 2.29. The summed E-state index contributed by atoms with van der Waals surface area (Å²) in [5, 5.41) is 11.5. The molecule has 5 nitrogen and oxygen atoms in total. The van der Waals surface area contributed by atoms with Crippen molar-refractivity contribution in [2.24, 2.45) is 0 Å². The Hall–Kier alpha value is -2.60. The van der Waals surface area contributed by atoms with Crippen molar-refractivity contribution in [3.8, 4) is 5.75 Å². The van der Waals surface area contributed by atoms with Crippen molar-refractivity contribution in [3.63, 3.8) is 0 Å². The quantitative estimate of drug-likeness (QED) is 0.748. The largest absolute Gasteiger partial charge is 0.496 e. The average molecular weight is 341 g/mol. The Morgan fingerprint density at radius 2 is 2.00 bits per heavy atom. The van der Waals surface area contributed by atoms with E-state index in [4.69, 9.17) is 17.0 Å². The molecule has 2 aromatic rings. The van der Waals surface area contributed by atoms with Gasteiger partial charge in [0.15, 0.2) is 5.11 Å². The van der Waals surface area contributed by atoms with Crippen molar-refractivity contribution in [3.05, 3.63) is 53.2 Å². The number of likely N-dealkylation sites (N-methyl/N-ethyl adjacent to an activating group) is 1. The smallest absolute Gasteiger partial charge is 0.251 e.